The molecule has 15 heteroatoms. The molecule has 7 rings (SSSR count). The Hall–Kier alpha value is -7.78. The van der Waals surface area contributed by atoms with Crippen LogP contribution in [0.2, 0.25) is 0 Å². The molecule has 5 aromatic carbocycles. The monoisotopic (exact) mass is 926 g/mol. The zero-order valence-electron chi connectivity index (χ0n) is 37.4. The molecule has 0 bridgehead atoms. The van der Waals surface area contributed by atoms with Crippen LogP contribution in [0.15, 0.2) is 149 Å². The van der Waals surface area contributed by atoms with Crippen LogP contribution in [0.3, 0.4) is 0 Å². The van der Waals surface area contributed by atoms with Gasteiger partial charge in [-0.05, 0) is 67.1 Å². The van der Waals surface area contributed by atoms with Gasteiger partial charge in [0.1, 0.15) is 24.0 Å². The molecular formula is C53H50O15. The van der Waals surface area contributed by atoms with Crippen LogP contribution in [0.25, 0.3) is 11.0 Å². The van der Waals surface area contributed by atoms with E-state index in [1.165, 1.54) is 54.6 Å². The van der Waals surface area contributed by atoms with Crippen molar-refractivity contribution in [1.29, 1.82) is 0 Å². The van der Waals surface area contributed by atoms with Gasteiger partial charge in [0.05, 0.1) is 34.2 Å². The summed E-state index contributed by atoms with van der Waals surface area (Å²) in [5.74, 6) is -4.58. The lowest BCUT2D eigenvalue weighted by atomic mass is 9.97. The average Bonchev–Trinajstić information content (AvgIpc) is 3.36. The minimum absolute atomic E-state index is 0.00796. The van der Waals surface area contributed by atoms with Crippen LogP contribution < -0.4 is 19.8 Å². The SMILES string of the molecule is CCCCCCCCOc1c(OC(C)=O)c(=O)oc2cc(O[C@@H]3O[C@H](COC(=O)c4ccccc4)[C@@H](OC(=O)c4ccccc4)[C@H](OC(=O)c4ccccc4)[C@H]3OC(=O)c3ccccc3)ccc12. The van der Waals surface area contributed by atoms with Crippen molar-refractivity contribution in [1.82, 2.24) is 0 Å². The van der Waals surface area contributed by atoms with Crippen LogP contribution in [0, 0.1) is 0 Å². The zero-order chi connectivity index (χ0) is 47.8. The molecule has 1 aromatic heterocycles. The fourth-order valence-electron chi connectivity index (χ4n) is 7.40. The normalized spacial score (nSPS) is 17.6. The van der Waals surface area contributed by atoms with Crippen molar-refractivity contribution >= 4 is 40.8 Å². The first-order valence-electron chi connectivity index (χ1n) is 22.3. The smallest absolute Gasteiger partial charge is 0.383 e. The van der Waals surface area contributed by atoms with E-state index in [0.717, 1.165) is 39.0 Å². The molecule has 6 aromatic rings. The van der Waals surface area contributed by atoms with Crippen molar-refractivity contribution < 1.29 is 66.3 Å². The molecule has 1 fully saturated rings. The average molecular weight is 927 g/mol. The van der Waals surface area contributed by atoms with E-state index in [1.54, 1.807) is 84.9 Å². The summed E-state index contributed by atoms with van der Waals surface area (Å²) in [6.07, 6.45) is -2.24. The van der Waals surface area contributed by atoms with E-state index in [0.29, 0.717) is 6.42 Å². The first kappa shape index (κ1) is 48.2. The van der Waals surface area contributed by atoms with Crippen LogP contribution in [0.1, 0.15) is 93.8 Å². The Labute approximate surface area is 391 Å². The third-order valence-electron chi connectivity index (χ3n) is 10.8. The van der Waals surface area contributed by atoms with Gasteiger partial charge in [-0.25, -0.2) is 24.0 Å². The highest BCUT2D eigenvalue weighted by atomic mass is 16.7. The maximum atomic E-state index is 14.0. The summed E-state index contributed by atoms with van der Waals surface area (Å²) in [6.45, 7) is 2.92. The molecule has 0 aliphatic carbocycles. The molecule has 0 amide bonds. The maximum absolute atomic E-state index is 14.0. The first-order valence-corrected chi connectivity index (χ1v) is 22.3. The van der Waals surface area contributed by atoms with Crippen LogP contribution in [-0.2, 0) is 28.5 Å². The molecule has 1 aliphatic rings. The lowest BCUT2D eigenvalue weighted by Gasteiger charge is -2.44. The maximum Gasteiger partial charge on any atom is 0.383 e. The Morgan fingerprint density at radius 2 is 1.06 bits per heavy atom. The minimum atomic E-state index is -1.70. The van der Waals surface area contributed by atoms with E-state index in [9.17, 15) is 28.8 Å². The number of ether oxygens (including phenoxy) is 8. The Balaban J connectivity index is 1.29. The zero-order valence-corrected chi connectivity index (χ0v) is 37.4. The van der Waals surface area contributed by atoms with Crippen molar-refractivity contribution in [3.63, 3.8) is 0 Å². The van der Waals surface area contributed by atoms with Gasteiger partial charge < -0.3 is 42.3 Å². The molecule has 5 atom stereocenters. The number of benzene rings is 5. The summed E-state index contributed by atoms with van der Waals surface area (Å²) < 4.78 is 54.1. The summed E-state index contributed by atoms with van der Waals surface area (Å²) in [6, 6.07) is 36.4. The van der Waals surface area contributed by atoms with Crippen LogP contribution in [0.4, 0.5) is 0 Å². The molecule has 2 heterocycles. The van der Waals surface area contributed by atoms with Gasteiger partial charge in [0.2, 0.25) is 12.4 Å². The van der Waals surface area contributed by atoms with E-state index in [4.69, 9.17) is 42.3 Å². The quantitative estimate of drug-likeness (QED) is 0.0305. The lowest BCUT2D eigenvalue weighted by molar-refractivity contribution is -0.275. The molecule has 0 saturated carbocycles. The molecule has 68 heavy (non-hydrogen) atoms. The number of rotatable bonds is 20. The van der Waals surface area contributed by atoms with Crippen molar-refractivity contribution in [3.8, 4) is 17.2 Å². The second-order valence-corrected chi connectivity index (χ2v) is 15.7. The fraction of sp³-hybridized carbons (Fsp3) is 0.283. The summed E-state index contributed by atoms with van der Waals surface area (Å²) in [7, 11) is 0. The highest BCUT2D eigenvalue weighted by Crippen LogP contribution is 2.37. The third-order valence-corrected chi connectivity index (χ3v) is 10.8. The van der Waals surface area contributed by atoms with E-state index in [2.05, 4.69) is 6.92 Å². The molecule has 0 radical (unpaired) electrons. The van der Waals surface area contributed by atoms with Crippen molar-refractivity contribution in [2.45, 2.75) is 83.1 Å². The van der Waals surface area contributed by atoms with Crippen molar-refractivity contribution in [2.24, 2.45) is 0 Å². The minimum Gasteiger partial charge on any atom is -0.489 e. The fourth-order valence-corrected chi connectivity index (χ4v) is 7.40. The Kier molecular flexibility index (Phi) is 16.7. The molecule has 352 valence electrons. The molecular weight excluding hydrogens is 877 g/mol. The number of carbonyl (C=O) groups excluding carboxylic acids is 5. The van der Waals surface area contributed by atoms with Gasteiger partial charge >= 0.3 is 35.5 Å². The second kappa shape index (κ2) is 23.6. The molecule has 0 unspecified atom stereocenters. The highest BCUT2D eigenvalue weighted by Gasteiger charge is 2.54. The van der Waals surface area contributed by atoms with Crippen LogP contribution in [-0.4, -0.2) is 73.8 Å². The number of fused-ring (bicyclic) bond motifs is 1. The predicted octanol–water partition coefficient (Wildman–Crippen LogP) is 9.10. The summed E-state index contributed by atoms with van der Waals surface area (Å²) in [5, 5.41) is 0.268. The van der Waals surface area contributed by atoms with Gasteiger partial charge in [0.25, 0.3) is 5.75 Å². The second-order valence-electron chi connectivity index (χ2n) is 15.7. The molecule has 15 nitrogen and oxygen atoms in total. The van der Waals surface area contributed by atoms with Gasteiger partial charge in [-0.1, -0.05) is 112 Å². The van der Waals surface area contributed by atoms with Gasteiger partial charge in [-0.15, -0.1) is 0 Å². The number of hydrogen-bond acceptors (Lipinski definition) is 15. The lowest BCUT2D eigenvalue weighted by Crippen LogP contribution is -2.63. The highest BCUT2D eigenvalue weighted by molar-refractivity contribution is 5.92. The van der Waals surface area contributed by atoms with Crippen molar-refractivity contribution in [2.75, 3.05) is 13.2 Å². The number of hydrogen-bond donors (Lipinski definition) is 0. The number of esters is 5. The molecule has 0 N–H and O–H groups in total. The predicted molar refractivity (Wildman–Crippen MR) is 246 cm³/mol. The van der Waals surface area contributed by atoms with Gasteiger partial charge in [-0.3, -0.25) is 4.79 Å². The van der Waals surface area contributed by atoms with Crippen LogP contribution in [0.5, 0.6) is 17.2 Å². The summed E-state index contributed by atoms with van der Waals surface area (Å²) in [4.78, 5) is 80.8. The van der Waals surface area contributed by atoms with E-state index >= 15 is 0 Å². The largest absolute Gasteiger partial charge is 0.489 e. The third kappa shape index (κ3) is 12.6. The molecule has 0 spiro atoms. The summed E-state index contributed by atoms with van der Waals surface area (Å²) in [5.41, 5.74) is -0.479. The molecule has 1 aliphatic heterocycles. The number of unbranched alkanes of at least 4 members (excludes halogenated alkanes) is 5. The Morgan fingerprint density at radius 3 is 1.60 bits per heavy atom. The topological polar surface area (TPSA) is 189 Å². The summed E-state index contributed by atoms with van der Waals surface area (Å²) >= 11 is 0. The Bertz CT molecular complexity index is 2710. The van der Waals surface area contributed by atoms with Gasteiger partial charge in [-0.2, -0.15) is 0 Å². The molecule has 1 saturated heterocycles. The first-order chi connectivity index (χ1) is 33.1. The standard InChI is InChI=1S/C53H50O15/c1-3-4-5-6-7-20-31-60-43-40-30-29-39(32-41(40)64-52(59)46(43)62-34(2)54)63-53-47(68-51(58)38-27-18-11-19-28-38)45(67-50(57)37-25-16-10-17-26-37)44(66-49(56)36-23-14-9-15-24-36)42(65-53)33-61-48(55)35-21-12-8-13-22-35/h8-19,21-30,32,42,44-45,47,53H,3-7,20,31,33H2,1-2H3/t42-,44-,45+,47-,53-/m1/s1. The van der Waals surface area contributed by atoms with E-state index in [1.807, 2.05) is 0 Å². The van der Waals surface area contributed by atoms with Crippen LogP contribution >= 0.6 is 0 Å². The number of carbonyl (C=O) groups is 5. The Morgan fingerprint density at radius 1 is 0.559 bits per heavy atom. The van der Waals surface area contributed by atoms with Gasteiger partial charge in [0, 0.05) is 13.0 Å². The van der Waals surface area contributed by atoms with E-state index < -0.39 is 78.5 Å². The van der Waals surface area contributed by atoms with E-state index in [-0.39, 0.29) is 51.3 Å². The van der Waals surface area contributed by atoms with Crippen molar-refractivity contribution in [3.05, 3.63) is 172 Å². The van der Waals surface area contributed by atoms with Gasteiger partial charge in [0.15, 0.2) is 18.0 Å².